The average Bonchev–Trinajstić information content (AvgIpc) is 3.48. The summed E-state index contributed by atoms with van der Waals surface area (Å²) in [5.41, 5.74) is 7.02. The summed E-state index contributed by atoms with van der Waals surface area (Å²) in [7, 11) is 3.98. The highest BCUT2D eigenvalue weighted by atomic mass is 19.1. The number of nitrogens with zero attached hydrogens (tertiary/aromatic N) is 6. The molecule has 1 fully saturated rings. The number of halogens is 1. The molecule has 2 aromatic heterocycles. The van der Waals surface area contributed by atoms with E-state index < -0.39 is 0 Å². The molecule has 1 aliphatic heterocycles. The number of carbonyl (C=O) groups is 1. The maximum Gasteiger partial charge on any atom is 0.255 e. The molecule has 9 nitrogen and oxygen atoms in total. The lowest BCUT2D eigenvalue weighted by Crippen LogP contribution is -2.44. The number of nitrogens with one attached hydrogen (secondary N) is 1. The van der Waals surface area contributed by atoms with Crippen LogP contribution in [0.2, 0.25) is 0 Å². The lowest BCUT2D eigenvalue weighted by molar-refractivity contribution is 0.102. The van der Waals surface area contributed by atoms with Crippen LogP contribution in [0.3, 0.4) is 0 Å². The van der Waals surface area contributed by atoms with Crippen LogP contribution in [-0.4, -0.2) is 66.2 Å². The number of benzene rings is 3. The van der Waals surface area contributed by atoms with Gasteiger partial charge in [0.25, 0.3) is 5.91 Å². The maximum atomic E-state index is 13.6. The van der Waals surface area contributed by atoms with Crippen LogP contribution in [-0.2, 0) is 0 Å². The van der Waals surface area contributed by atoms with Crippen molar-refractivity contribution in [2.24, 2.45) is 0 Å². The van der Waals surface area contributed by atoms with E-state index in [0.29, 0.717) is 28.7 Å². The molecule has 0 spiro atoms. The third-order valence-corrected chi connectivity index (χ3v) is 7.87. The monoisotopic (exact) mass is 591 g/mol. The number of likely N-dealkylation sites (N-methyl/N-ethyl adjacent to an activating group) is 1. The Hall–Kier alpha value is -5.09. The summed E-state index contributed by atoms with van der Waals surface area (Å²) in [6.45, 7) is 7.56. The van der Waals surface area contributed by atoms with Gasteiger partial charge in [-0.15, -0.1) is 0 Å². The van der Waals surface area contributed by atoms with Crippen molar-refractivity contribution in [3.8, 4) is 22.6 Å². The van der Waals surface area contributed by atoms with Gasteiger partial charge in [0.1, 0.15) is 5.82 Å². The molecule has 1 aliphatic rings. The normalized spacial score (nSPS) is 13.6. The van der Waals surface area contributed by atoms with Crippen molar-refractivity contribution in [1.82, 2.24) is 20.0 Å². The third-order valence-electron chi connectivity index (χ3n) is 7.87. The third kappa shape index (κ3) is 6.30. The van der Waals surface area contributed by atoms with E-state index in [2.05, 4.69) is 38.4 Å². The van der Waals surface area contributed by atoms with Crippen molar-refractivity contribution in [2.45, 2.75) is 13.8 Å². The zero-order chi connectivity index (χ0) is 30.8. The molecule has 44 heavy (non-hydrogen) atoms. The molecule has 1 saturated heterocycles. The highest BCUT2D eigenvalue weighted by Gasteiger charge is 2.19. The number of amides is 1. The van der Waals surface area contributed by atoms with Crippen LogP contribution in [0.4, 0.5) is 27.4 Å². The number of hydrogen-bond donors (Lipinski definition) is 1. The SMILES string of the molecule is Cc1cc(-c2cc(NC(=O)c3ccc(C)c(N(C)c4nccc(-c5ccc(F)cc5)n4)c3)cc(N3CCN(C)CC3)c2)on1. The molecule has 3 aromatic carbocycles. The average molecular weight is 592 g/mol. The van der Waals surface area contributed by atoms with Crippen LogP contribution < -0.4 is 15.1 Å². The van der Waals surface area contributed by atoms with Gasteiger partial charge in [0, 0.05) is 79.2 Å². The summed E-state index contributed by atoms with van der Waals surface area (Å²) in [6.07, 6.45) is 1.67. The first-order chi connectivity index (χ1) is 21.2. The second-order valence-corrected chi connectivity index (χ2v) is 11.2. The minimum absolute atomic E-state index is 0.240. The fourth-order valence-corrected chi connectivity index (χ4v) is 5.29. The van der Waals surface area contributed by atoms with Crippen LogP contribution >= 0.6 is 0 Å². The van der Waals surface area contributed by atoms with Crippen LogP contribution in [0, 0.1) is 19.7 Å². The number of carbonyl (C=O) groups excluding carboxylic acids is 1. The van der Waals surface area contributed by atoms with E-state index in [1.165, 1.54) is 12.1 Å². The van der Waals surface area contributed by atoms with Gasteiger partial charge in [-0.3, -0.25) is 4.79 Å². The molecule has 0 radical (unpaired) electrons. The van der Waals surface area contributed by atoms with Crippen LogP contribution in [0.25, 0.3) is 22.6 Å². The van der Waals surface area contributed by atoms with Gasteiger partial charge in [-0.2, -0.15) is 0 Å². The molecule has 1 N–H and O–H groups in total. The van der Waals surface area contributed by atoms with Gasteiger partial charge in [0.15, 0.2) is 5.76 Å². The van der Waals surface area contributed by atoms with E-state index in [-0.39, 0.29) is 11.7 Å². The quantitative estimate of drug-likeness (QED) is 0.235. The summed E-state index contributed by atoms with van der Waals surface area (Å²) in [6, 6.07) is 21.4. The van der Waals surface area contributed by atoms with E-state index in [9.17, 15) is 9.18 Å². The van der Waals surface area contributed by atoms with Crippen molar-refractivity contribution < 1.29 is 13.7 Å². The first-order valence-electron chi connectivity index (χ1n) is 14.5. The Labute approximate surface area is 255 Å². The Morgan fingerprint density at radius 1 is 0.932 bits per heavy atom. The Morgan fingerprint density at radius 2 is 1.70 bits per heavy atom. The van der Waals surface area contributed by atoms with E-state index in [4.69, 9.17) is 9.51 Å². The van der Waals surface area contributed by atoms with Gasteiger partial charge in [0.2, 0.25) is 5.95 Å². The number of hydrogen-bond acceptors (Lipinski definition) is 8. The van der Waals surface area contributed by atoms with E-state index in [1.54, 1.807) is 24.4 Å². The number of aryl methyl sites for hydroxylation is 2. The van der Waals surface area contributed by atoms with Crippen molar-refractivity contribution in [2.75, 3.05) is 55.4 Å². The molecular formula is C34H34FN7O2. The van der Waals surface area contributed by atoms with Crippen LogP contribution in [0.1, 0.15) is 21.6 Å². The molecule has 224 valence electrons. The van der Waals surface area contributed by atoms with E-state index in [1.807, 2.05) is 62.2 Å². The summed E-state index contributed by atoms with van der Waals surface area (Å²) < 4.78 is 19.0. The number of aromatic nitrogens is 3. The molecule has 0 saturated carbocycles. The van der Waals surface area contributed by atoms with Crippen molar-refractivity contribution >= 4 is 28.9 Å². The predicted molar refractivity (Wildman–Crippen MR) is 171 cm³/mol. The first kappa shape index (κ1) is 29.0. The fraction of sp³-hybridized carbons (Fsp3) is 0.235. The van der Waals surface area contributed by atoms with Gasteiger partial charge in [-0.25, -0.2) is 14.4 Å². The Balaban J connectivity index is 1.27. The van der Waals surface area contributed by atoms with Crippen molar-refractivity contribution in [3.05, 3.63) is 102 Å². The molecule has 0 aliphatic carbocycles. The maximum absolute atomic E-state index is 13.6. The fourth-order valence-electron chi connectivity index (χ4n) is 5.29. The van der Waals surface area contributed by atoms with Gasteiger partial charge in [-0.05, 0) is 87.1 Å². The molecule has 3 heterocycles. The first-order valence-corrected chi connectivity index (χ1v) is 14.5. The van der Waals surface area contributed by atoms with Gasteiger partial charge in [0.05, 0.1) is 11.4 Å². The minimum atomic E-state index is -0.304. The number of piperazine rings is 1. The lowest BCUT2D eigenvalue weighted by Gasteiger charge is -2.34. The van der Waals surface area contributed by atoms with Crippen molar-refractivity contribution in [3.63, 3.8) is 0 Å². The molecule has 6 rings (SSSR count). The Morgan fingerprint density at radius 3 is 2.43 bits per heavy atom. The second kappa shape index (κ2) is 12.3. The predicted octanol–water partition coefficient (Wildman–Crippen LogP) is 6.33. The van der Waals surface area contributed by atoms with Gasteiger partial charge in [-0.1, -0.05) is 11.2 Å². The molecule has 0 unspecified atom stereocenters. The highest BCUT2D eigenvalue weighted by Crippen LogP contribution is 2.32. The molecule has 1 amide bonds. The van der Waals surface area contributed by atoms with Crippen LogP contribution in [0.5, 0.6) is 0 Å². The van der Waals surface area contributed by atoms with Gasteiger partial charge >= 0.3 is 0 Å². The zero-order valence-corrected chi connectivity index (χ0v) is 25.2. The van der Waals surface area contributed by atoms with Crippen molar-refractivity contribution in [1.29, 1.82) is 0 Å². The lowest BCUT2D eigenvalue weighted by atomic mass is 10.1. The Bertz CT molecular complexity index is 1800. The number of anilines is 4. The molecule has 0 atom stereocenters. The summed E-state index contributed by atoms with van der Waals surface area (Å²) in [5.74, 6) is 0.563. The van der Waals surface area contributed by atoms with E-state index in [0.717, 1.165) is 59.9 Å². The molecule has 10 heteroatoms. The van der Waals surface area contributed by atoms with Crippen LogP contribution in [0.15, 0.2) is 83.5 Å². The molecular weight excluding hydrogens is 557 g/mol. The highest BCUT2D eigenvalue weighted by molar-refractivity contribution is 6.05. The summed E-state index contributed by atoms with van der Waals surface area (Å²) in [4.78, 5) is 29.3. The molecule has 0 bridgehead atoms. The second-order valence-electron chi connectivity index (χ2n) is 11.2. The zero-order valence-electron chi connectivity index (χ0n) is 25.2. The minimum Gasteiger partial charge on any atom is -0.369 e. The standard InChI is InChI=1S/C34H34FN7O2/c1-22-5-6-25(20-31(22)41(4)34-36-12-11-30(38-34)24-7-9-27(35)10-8-24)33(43)37-28-18-26(32-17-23(2)39-44-32)19-29(21-28)42-15-13-40(3)14-16-42/h5-12,17-21H,13-16H2,1-4H3,(H,37,43). The number of rotatable bonds is 7. The largest absolute Gasteiger partial charge is 0.369 e. The topological polar surface area (TPSA) is 90.6 Å². The Kier molecular flexibility index (Phi) is 8.08. The summed E-state index contributed by atoms with van der Waals surface area (Å²) >= 11 is 0. The van der Waals surface area contributed by atoms with Gasteiger partial charge < -0.3 is 24.5 Å². The molecule has 5 aromatic rings. The summed E-state index contributed by atoms with van der Waals surface area (Å²) in [5, 5.41) is 7.16. The smallest absolute Gasteiger partial charge is 0.255 e. The van der Waals surface area contributed by atoms with E-state index >= 15 is 0 Å².